The number of carboxylic acid groups (broad SMARTS) is 1. The highest BCUT2D eigenvalue weighted by atomic mass is 16.4. The summed E-state index contributed by atoms with van der Waals surface area (Å²) in [6.45, 7) is 1.38. The van der Waals surface area contributed by atoms with E-state index in [1.807, 2.05) is 78.9 Å². The predicted molar refractivity (Wildman–Crippen MR) is 136 cm³/mol. The summed E-state index contributed by atoms with van der Waals surface area (Å²) in [4.78, 5) is 28.9. The fraction of sp³-hybridized carbons (Fsp3) is 0.333. The van der Waals surface area contributed by atoms with Crippen LogP contribution in [0, 0.1) is 0 Å². The molecule has 3 atom stereocenters. The van der Waals surface area contributed by atoms with Crippen LogP contribution >= 0.6 is 0 Å². The Bertz CT molecular complexity index is 1110. The predicted octanol–water partition coefficient (Wildman–Crippen LogP) is 4.28. The summed E-state index contributed by atoms with van der Waals surface area (Å²) >= 11 is 0. The molecular weight excluding hydrogens is 436 g/mol. The molecule has 2 saturated heterocycles. The van der Waals surface area contributed by atoms with Crippen LogP contribution < -0.4 is 5.32 Å². The highest BCUT2D eigenvalue weighted by molar-refractivity contribution is 5.97. The van der Waals surface area contributed by atoms with Crippen molar-refractivity contribution in [3.63, 3.8) is 0 Å². The first-order valence-corrected chi connectivity index (χ1v) is 12.5. The number of hydrogen-bond acceptors (Lipinski definition) is 4. The lowest BCUT2D eigenvalue weighted by molar-refractivity contribution is -0.139. The zero-order valence-corrected chi connectivity index (χ0v) is 19.8. The second kappa shape index (κ2) is 10.1. The van der Waals surface area contributed by atoms with Crippen molar-refractivity contribution in [1.29, 1.82) is 0 Å². The number of nitrogens with zero attached hydrogens (tertiary/aromatic N) is 1. The molecule has 2 aliphatic rings. The lowest BCUT2D eigenvalue weighted by Crippen LogP contribution is -2.58. The molecule has 2 fully saturated rings. The van der Waals surface area contributed by atoms with Crippen molar-refractivity contribution in [2.75, 3.05) is 13.1 Å². The third kappa shape index (κ3) is 4.66. The van der Waals surface area contributed by atoms with Crippen molar-refractivity contribution >= 4 is 11.8 Å². The molecule has 3 aromatic rings. The third-order valence-electron chi connectivity index (χ3n) is 7.71. The molecule has 0 radical (unpaired) electrons. The van der Waals surface area contributed by atoms with Gasteiger partial charge in [0.15, 0.2) is 5.78 Å². The van der Waals surface area contributed by atoms with Gasteiger partial charge in [0.2, 0.25) is 0 Å². The minimum absolute atomic E-state index is 0.0125. The molecule has 2 aliphatic heterocycles. The van der Waals surface area contributed by atoms with Crippen LogP contribution in [0.4, 0.5) is 0 Å². The largest absolute Gasteiger partial charge is 0.480 e. The first kappa shape index (κ1) is 23.5. The minimum Gasteiger partial charge on any atom is -0.480 e. The molecule has 180 valence electrons. The van der Waals surface area contributed by atoms with E-state index in [1.165, 1.54) is 0 Å². The average Bonchev–Trinajstić information content (AvgIpc) is 3.54. The van der Waals surface area contributed by atoms with Gasteiger partial charge in [-0.2, -0.15) is 0 Å². The smallest absolute Gasteiger partial charge is 0.320 e. The number of benzene rings is 3. The first-order valence-electron chi connectivity index (χ1n) is 12.5. The van der Waals surface area contributed by atoms with Gasteiger partial charge in [0, 0.05) is 12.6 Å². The summed E-state index contributed by atoms with van der Waals surface area (Å²) in [6.07, 6.45) is 2.83. The van der Waals surface area contributed by atoms with Crippen molar-refractivity contribution in [2.24, 2.45) is 0 Å². The molecule has 5 rings (SSSR count). The van der Waals surface area contributed by atoms with Crippen molar-refractivity contribution in [1.82, 2.24) is 10.2 Å². The molecule has 0 spiro atoms. The van der Waals surface area contributed by atoms with Crippen LogP contribution in [-0.4, -0.2) is 52.5 Å². The van der Waals surface area contributed by atoms with Gasteiger partial charge in [0.05, 0.1) is 11.5 Å². The van der Waals surface area contributed by atoms with Crippen LogP contribution in [-0.2, 0) is 16.0 Å². The van der Waals surface area contributed by atoms with Gasteiger partial charge in [-0.05, 0) is 48.9 Å². The van der Waals surface area contributed by atoms with E-state index in [1.54, 1.807) is 0 Å². The van der Waals surface area contributed by atoms with Crippen LogP contribution in [0.5, 0.6) is 0 Å². The molecule has 3 aromatic carbocycles. The lowest BCUT2D eigenvalue weighted by atomic mass is 9.74. The Morgan fingerprint density at radius 2 is 1.49 bits per heavy atom. The number of Topliss-reactive ketones (excluding diaryl/α,β-unsaturated/α-hetero) is 1. The van der Waals surface area contributed by atoms with E-state index in [-0.39, 0.29) is 17.7 Å². The molecule has 2 N–H and O–H groups in total. The van der Waals surface area contributed by atoms with Crippen LogP contribution in [0.1, 0.15) is 41.9 Å². The standard InChI is InChI=1S/C30H32N2O3/c33-28(27(23-13-6-2-7-14-23)24-15-8-3-9-16-24)30(20-22-11-4-1-5-12-22)17-10-18-32(30)25-19-26(29(34)35)31-21-25/h1-9,11-16,25-27,31H,10,17-21H2,(H,34,35)/t25-,26-,30?/m1/s1. The van der Waals surface area contributed by atoms with Gasteiger partial charge in [0.25, 0.3) is 0 Å². The highest BCUT2D eigenvalue weighted by Gasteiger charge is 2.53. The van der Waals surface area contributed by atoms with Crippen LogP contribution in [0.2, 0.25) is 0 Å². The van der Waals surface area contributed by atoms with Crippen LogP contribution in [0.25, 0.3) is 0 Å². The monoisotopic (exact) mass is 468 g/mol. The number of rotatable bonds is 8. The zero-order valence-electron chi connectivity index (χ0n) is 19.8. The molecule has 0 aliphatic carbocycles. The SMILES string of the molecule is O=C(O)[C@H]1C[C@@H](N2CCCC2(Cc2ccccc2)C(=O)C(c2ccccc2)c2ccccc2)CN1. The van der Waals surface area contributed by atoms with E-state index in [0.717, 1.165) is 36.1 Å². The van der Waals surface area contributed by atoms with Gasteiger partial charge in [-0.15, -0.1) is 0 Å². The Morgan fingerprint density at radius 3 is 2.03 bits per heavy atom. The second-order valence-electron chi connectivity index (χ2n) is 9.80. The Labute approximate surface area is 206 Å². The van der Waals surface area contributed by atoms with E-state index in [9.17, 15) is 14.7 Å². The second-order valence-corrected chi connectivity index (χ2v) is 9.80. The maximum atomic E-state index is 14.9. The highest BCUT2D eigenvalue weighted by Crippen LogP contribution is 2.42. The number of ketones is 1. The lowest BCUT2D eigenvalue weighted by Gasteiger charge is -2.43. The normalized spacial score (nSPS) is 24.6. The third-order valence-corrected chi connectivity index (χ3v) is 7.71. The maximum absolute atomic E-state index is 14.9. The van der Waals surface area contributed by atoms with E-state index in [0.29, 0.717) is 19.4 Å². The summed E-state index contributed by atoms with van der Waals surface area (Å²) < 4.78 is 0. The van der Waals surface area contributed by atoms with Gasteiger partial charge in [-0.3, -0.25) is 14.5 Å². The van der Waals surface area contributed by atoms with Gasteiger partial charge >= 0.3 is 5.97 Å². The zero-order chi connectivity index (χ0) is 24.3. The Hall–Kier alpha value is -3.28. The molecule has 0 amide bonds. The minimum atomic E-state index is -0.821. The number of nitrogens with one attached hydrogen (secondary N) is 1. The molecule has 2 heterocycles. The molecule has 0 aromatic heterocycles. The number of carboxylic acids is 1. The molecule has 5 heteroatoms. The molecule has 35 heavy (non-hydrogen) atoms. The van der Waals surface area contributed by atoms with E-state index in [4.69, 9.17) is 0 Å². The average molecular weight is 469 g/mol. The molecule has 1 unspecified atom stereocenters. The summed E-state index contributed by atoms with van der Waals surface area (Å²) in [6, 6.07) is 29.8. The Kier molecular flexibility index (Phi) is 6.80. The van der Waals surface area contributed by atoms with Gasteiger partial charge in [-0.25, -0.2) is 0 Å². The van der Waals surface area contributed by atoms with E-state index in [2.05, 4.69) is 22.3 Å². The van der Waals surface area contributed by atoms with Gasteiger partial charge in [-0.1, -0.05) is 91.0 Å². The Balaban J connectivity index is 1.59. The molecule has 0 saturated carbocycles. The fourth-order valence-electron chi connectivity index (χ4n) is 6.10. The number of aliphatic carboxylic acids is 1. The number of likely N-dealkylation sites (tertiary alicyclic amines) is 1. The van der Waals surface area contributed by atoms with Crippen molar-refractivity contribution in [2.45, 2.75) is 49.2 Å². The number of hydrogen-bond donors (Lipinski definition) is 2. The van der Waals surface area contributed by atoms with Crippen molar-refractivity contribution in [3.8, 4) is 0 Å². The van der Waals surface area contributed by atoms with E-state index < -0.39 is 17.6 Å². The molecule has 0 bridgehead atoms. The maximum Gasteiger partial charge on any atom is 0.320 e. The fourth-order valence-corrected chi connectivity index (χ4v) is 6.10. The Morgan fingerprint density at radius 1 is 0.914 bits per heavy atom. The van der Waals surface area contributed by atoms with Crippen LogP contribution in [0.15, 0.2) is 91.0 Å². The quantitative estimate of drug-likeness (QED) is 0.517. The summed E-state index contributed by atoms with van der Waals surface area (Å²) in [7, 11) is 0. The topological polar surface area (TPSA) is 69.6 Å². The summed E-state index contributed by atoms with van der Waals surface area (Å²) in [5.41, 5.74) is 2.43. The van der Waals surface area contributed by atoms with Gasteiger partial charge in [0.1, 0.15) is 6.04 Å². The summed E-state index contributed by atoms with van der Waals surface area (Å²) in [5.74, 6) is -1.00. The molecule has 5 nitrogen and oxygen atoms in total. The number of carbonyl (C=O) groups excluding carboxylic acids is 1. The van der Waals surface area contributed by atoms with Crippen molar-refractivity contribution < 1.29 is 14.7 Å². The first-order chi connectivity index (χ1) is 17.1. The number of carbonyl (C=O) groups is 2. The van der Waals surface area contributed by atoms with Crippen LogP contribution in [0.3, 0.4) is 0 Å². The van der Waals surface area contributed by atoms with Crippen molar-refractivity contribution in [3.05, 3.63) is 108 Å². The molecular formula is C30H32N2O3. The van der Waals surface area contributed by atoms with Gasteiger partial charge < -0.3 is 10.4 Å². The summed E-state index contributed by atoms with van der Waals surface area (Å²) in [5, 5.41) is 12.7. The van der Waals surface area contributed by atoms with E-state index >= 15 is 0 Å².